The molecule has 18 nitrogen and oxygen atoms in total. The van der Waals surface area contributed by atoms with Gasteiger partial charge in [-0.15, -0.1) is 0 Å². The van der Waals surface area contributed by atoms with Crippen molar-refractivity contribution >= 4 is 35.7 Å². The first-order valence-electron chi connectivity index (χ1n) is 22.0. The molecule has 5 aliphatic rings. The average molecular weight is 851 g/mol. The van der Waals surface area contributed by atoms with Crippen molar-refractivity contribution < 1.29 is 59.4 Å². The number of hydrogen-bond acceptors (Lipinski definition) is 12. The molecule has 8 N–H and O–H groups in total. The molecule has 2 amide bonds. The number of nitrogens with zero attached hydrogens (tertiary/aromatic N) is 4. The molecule has 5 rings (SSSR count). The second-order valence-corrected chi connectivity index (χ2v) is 19.1. The van der Waals surface area contributed by atoms with Crippen LogP contribution < -0.4 is 10.6 Å². The topological polar surface area (TPSA) is 261 Å². The van der Waals surface area contributed by atoms with Crippen LogP contribution in [0.25, 0.3) is 0 Å². The minimum absolute atomic E-state index is 0.0590. The van der Waals surface area contributed by atoms with Crippen LogP contribution >= 0.6 is 0 Å². The first kappa shape index (κ1) is 47.6. The first-order chi connectivity index (χ1) is 28.3. The van der Waals surface area contributed by atoms with Gasteiger partial charge < -0.3 is 41.3 Å². The predicted molar refractivity (Wildman–Crippen MR) is 218 cm³/mol. The number of aliphatic hydroxyl groups is 2. The highest BCUT2D eigenvalue weighted by Crippen LogP contribution is 2.68. The molecular weight excluding hydrogens is 780 g/mol. The molecule has 5 fully saturated rings. The number of amides is 2. The third-order valence-corrected chi connectivity index (χ3v) is 15.5. The molecule has 1 heterocycles. The van der Waals surface area contributed by atoms with Crippen LogP contribution in [0.4, 0.5) is 0 Å². The molecule has 4 aliphatic carbocycles. The van der Waals surface area contributed by atoms with Gasteiger partial charge in [0.15, 0.2) is 0 Å². The van der Waals surface area contributed by atoms with Crippen molar-refractivity contribution in [2.75, 3.05) is 85.1 Å². The zero-order valence-electron chi connectivity index (χ0n) is 35.7. The van der Waals surface area contributed by atoms with Gasteiger partial charge in [0.05, 0.1) is 44.9 Å². The molecule has 0 unspecified atom stereocenters. The summed E-state index contributed by atoms with van der Waals surface area (Å²) >= 11 is 0. The number of aliphatic carboxylic acids is 4. The quantitative estimate of drug-likeness (QED) is 0.109. The Bertz CT molecular complexity index is 1520. The summed E-state index contributed by atoms with van der Waals surface area (Å²) < 4.78 is 0. The number of carboxylic acid groups (broad SMARTS) is 4. The lowest BCUT2D eigenvalue weighted by molar-refractivity contribution is -0.202. The Hall–Kier alpha value is -3.42. The summed E-state index contributed by atoms with van der Waals surface area (Å²) in [5.74, 6) is -3.83. The zero-order chi connectivity index (χ0) is 43.9. The minimum Gasteiger partial charge on any atom is -0.481 e. The van der Waals surface area contributed by atoms with Gasteiger partial charge in [-0.25, -0.2) is 0 Å². The van der Waals surface area contributed by atoms with Crippen molar-refractivity contribution in [2.45, 2.75) is 96.8 Å². The number of fused-ring (bicyclic) bond motifs is 5. The van der Waals surface area contributed by atoms with E-state index in [1.807, 2.05) is 0 Å². The van der Waals surface area contributed by atoms with Gasteiger partial charge in [0.25, 0.3) is 0 Å². The van der Waals surface area contributed by atoms with Crippen molar-refractivity contribution in [3.8, 4) is 0 Å². The molecule has 1 aliphatic heterocycles. The number of carbonyl (C=O) groups excluding carboxylic acids is 2. The fourth-order valence-electron chi connectivity index (χ4n) is 12.3. The van der Waals surface area contributed by atoms with E-state index in [-0.39, 0.29) is 150 Å². The lowest BCUT2D eigenvalue weighted by Gasteiger charge is -2.63. The van der Waals surface area contributed by atoms with Crippen LogP contribution in [0.3, 0.4) is 0 Å². The summed E-state index contributed by atoms with van der Waals surface area (Å²) in [5, 5.41) is 67.2. The predicted octanol–water partition coefficient (Wildman–Crippen LogP) is 0.164. The Morgan fingerprint density at radius 2 is 1.17 bits per heavy atom. The second kappa shape index (κ2) is 20.6. The van der Waals surface area contributed by atoms with Gasteiger partial charge in [0.2, 0.25) is 11.8 Å². The summed E-state index contributed by atoms with van der Waals surface area (Å²) in [6.07, 6.45) is 4.92. The molecule has 4 saturated carbocycles. The molecule has 0 spiro atoms. The van der Waals surface area contributed by atoms with Gasteiger partial charge >= 0.3 is 23.9 Å². The Morgan fingerprint density at radius 1 is 0.650 bits per heavy atom. The molecular formula is C42H70N6O12. The highest BCUT2D eigenvalue weighted by Gasteiger charge is 2.65. The fraction of sp³-hybridized carbons (Fsp3) is 0.857. The van der Waals surface area contributed by atoms with E-state index in [1.54, 1.807) is 19.6 Å². The zero-order valence-corrected chi connectivity index (χ0v) is 35.7. The molecule has 0 radical (unpaired) electrons. The number of carbonyl (C=O) groups is 6. The number of carboxylic acids is 4. The Labute approximate surface area is 353 Å². The lowest BCUT2D eigenvalue weighted by atomic mass is 9.43. The van der Waals surface area contributed by atoms with Crippen LogP contribution in [0.2, 0.25) is 0 Å². The number of aliphatic hydroxyl groups excluding tert-OH is 2. The van der Waals surface area contributed by atoms with Gasteiger partial charge in [-0.3, -0.25) is 48.4 Å². The SMILES string of the molecule is C[C@H](CCC(=O)O)[C@H]1CC[C@H]2[C@@H]3[C@H](O)C[C@@H]4C[C@@H](NC(=O)CNC(=O)CN5CCN(CC(=O)O)CCN(CC(=O)O)CCN(CC(=O)O)CC5)CC[C@]4(C)[C@H]3C[C@H](O)[C@]12C. The van der Waals surface area contributed by atoms with Crippen molar-refractivity contribution in [1.82, 2.24) is 30.2 Å². The van der Waals surface area contributed by atoms with Gasteiger partial charge in [-0.05, 0) is 97.7 Å². The maximum absolute atomic E-state index is 13.2. The summed E-state index contributed by atoms with van der Waals surface area (Å²) in [6, 6.07) is -0.136. The smallest absolute Gasteiger partial charge is 0.317 e. The molecule has 1 saturated heterocycles. The van der Waals surface area contributed by atoms with Crippen LogP contribution in [0.1, 0.15) is 78.6 Å². The van der Waals surface area contributed by atoms with E-state index >= 15 is 0 Å². The van der Waals surface area contributed by atoms with E-state index in [4.69, 9.17) is 0 Å². The van der Waals surface area contributed by atoms with Gasteiger partial charge in [-0.2, -0.15) is 0 Å². The molecule has 340 valence electrons. The van der Waals surface area contributed by atoms with E-state index in [1.165, 1.54) is 0 Å². The second-order valence-electron chi connectivity index (χ2n) is 19.1. The van der Waals surface area contributed by atoms with Crippen molar-refractivity contribution in [3.05, 3.63) is 0 Å². The minimum atomic E-state index is -1.04. The highest BCUT2D eigenvalue weighted by atomic mass is 16.4. The third-order valence-electron chi connectivity index (χ3n) is 15.5. The van der Waals surface area contributed by atoms with E-state index < -0.39 is 42.0 Å². The van der Waals surface area contributed by atoms with Gasteiger partial charge in [0.1, 0.15) is 0 Å². The number of rotatable bonds is 15. The van der Waals surface area contributed by atoms with Crippen molar-refractivity contribution in [3.63, 3.8) is 0 Å². The summed E-state index contributed by atoms with van der Waals surface area (Å²) in [7, 11) is 0. The molecule has 11 atom stereocenters. The van der Waals surface area contributed by atoms with Crippen LogP contribution in [0, 0.1) is 46.3 Å². The monoisotopic (exact) mass is 851 g/mol. The molecule has 60 heavy (non-hydrogen) atoms. The maximum Gasteiger partial charge on any atom is 0.317 e. The normalized spacial score (nSPS) is 35.4. The molecule has 0 aromatic heterocycles. The number of nitrogens with one attached hydrogen (secondary N) is 2. The van der Waals surface area contributed by atoms with E-state index in [0.717, 1.165) is 25.7 Å². The molecule has 0 aromatic carbocycles. The van der Waals surface area contributed by atoms with E-state index in [9.17, 15) is 59.4 Å². The largest absolute Gasteiger partial charge is 0.481 e. The van der Waals surface area contributed by atoms with Crippen LogP contribution in [-0.4, -0.2) is 189 Å². The Morgan fingerprint density at radius 3 is 1.67 bits per heavy atom. The highest BCUT2D eigenvalue weighted by molar-refractivity contribution is 5.85. The fourth-order valence-corrected chi connectivity index (χ4v) is 12.3. The van der Waals surface area contributed by atoms with Crippen LogP contribution in [0.5, 0.6) is 0 Å². The standard InChI is InChI=1S/C42H70N6O12/c1-26(4-7-36(53)54)29-5-6-30-40-31(20-33(50)42(29,30)3)41(2)9-8-28(18-27(41)19-32(40)49)44-34(51)21-43-35(52)22-45-10-12-46(23-37(55)56)14-16-48(25-39(59)60)17-15-47(13-11-45)24-38(57)58/h26-33,40,49-50H,4-25H2,1-3H3,(H,43,52)(H,44,51)(H,53,54)(H,55,56)(H,57,58)(H,59,60)/t26-,27+,28+,29-,30+,31+,32-,33+,40+,41+,42-/m1/s1. The Kier molecular flexibility index (Phi) is 16.4. The number of hydrogen-bond donors (Lipinski definition) is 8. The summed E-state index contributed by atoms with van der Waals surface area (Å²) in [4.78, 5) is 79.3. The molecule has 0 bridgehead atoms. The van der Waals surface area contributed by atoms with Crippen LogP contribution in [0.15, 0.2) is 0 Å². The van der Waals surface area contributed by atoms with Crippen molar-refractivity contribution in [2.24, 2.45) is 46.3 Å². The van der Waals surface area contributed by atoms with Crippen LogP contribution in [-0.2, 0) is 28.8 Å². The third kappa shape index (κ3) is 11.7. The molecule has 18 heteroatoms. The van der Waals surface area contributed by atoms with Crippen molar-refractivity contribution in [1.29, 1.82) is 0 Å². The Balaban J connectivity index is 1.14. The summed E-state index contributed by atoms with van der Waals surface area (Å²) in [5.41, 5.74) is -0.494. The lowest BCUT2D eigenvalue weighted by Crippen LogP contribution is -2.63. The summed E-state index contributed by atoms with van der Waals surface area (Å²) in [6.45, 7) is 7.59. The maximum atomic E-state index is 13.2. The van der Waals surface area contributed by atoms with Gasteiger partial charge in [-0.1, -0.05) is 20.8 Å². The van der Waals surface area contributed by atoms with E-state index in [2.05, 4.69) is 31.4 Å². The average Bonchev–Trinajstić information content (AvgIpc) is 3.52. The van der Waals surface area contributed by atoms with E-state index in [0.29, 0.717) is 25.7 Å². The van der Waals surface area contributed by atoms with Gasteiger partial charge in [0, 0.05) is 64.8 Å². The molecule has 0 aromatic rings. The first-order valence-corrected chi connectivity index (χ1v) is 22.0.